The number of halogens is 1. The first-order valence-corrected chi connectivity index (χ1v) is 11.0. The van der Waals surface area contributed by atoms with E-state index in [1.54, 1.807) is 42.6 Å². The summed E-state index contributed by atoms with van der Waals surface area (Å²) in [5, 5.41) is 0.594. The van der Waals surface area contributed by atoms with Crippen LogP contribution in [0.4, 0.5) is 0 Å². The number of imidazole rings is 1. The molecule has 0 saturated carbocycles. The van der Waals surface area contributed by atoms with E-state index in [-0.39, 0.29) is 0 Å². The first-order valence-electron chi connectivity index (χ1n) is 10.6. The van der Waals surface area contributed by atoms with E-state index in [2.05, 4.69) is 4.98 Å². The second kappa shape index (κ2) is 11.2. The molecule has 0 aliphatic rings. The quantitative estimate of drug-likeness (QED) is 0.166. The highest BCUT2D eigenvalue weighted by Gasteiger charge is 2.13. The highest BCUT2D eigenvalue weighted by Crippen LogP contribution is 2.24. The number of esters is 1. The van der Waals surface area contributed by atoms with Crippen LogP contribution in [0.25, 0.3) is 11.8 Å². The van der Waals surface area contributed by atoms with Crippen LogP contribution in [0.3, 0.4) is 0 Å². The van der Waals surface area contributed by atoms with Crippen LogP contribution in [0.2, 0.25) is 5.02 Å². The lowest BCUT2D eigenvalue weighted by Crippen LogP contribution is -2.07. The molecule has 0 atom stereocenters. The molecule has 0 N–H and O–H groups in total. The summed E-state index contributed by atoms with van der Waals surface area (Å²) in [7, 11) is 0. The maximum absolute atomic E-state index is 12.7. The van der Waals surface area contributed by atoms with Crippen LogP contribution in [0, 0.1) is 0 Å². The van der Waals surface area contributed by atoms with Crippen molar-refractivity contribution >= 4 is 29.4 Å². The minimum atomic E-state index is -0.419. The standard InChI is InChI=1S/C27H23ClN2O3/c28-23-14-7-8-15-24(23)32-19-9-17-30-18-16-29-26(30)20-25(21-10-3-1-4-11-21)33-27(31)22-12-5-2-6-13-22/h1-8,10-16,18,20H,9,17,19H2/b25-20+. The van der Waals surface area contributed by atoms with E-state index in [4.69, 9.17) is 21.1 Å². The van der Waals surface area contributed by atoms with E-state index in [1.807, 2.05) is 65.4 Å². The van der Waals surface area contributed by atoms with Gasteiger partial charge in [0.1, 0.15) is 17.3 Å². The molecule has 4 rings (SSSR count). The van der Waals surface area contributed by atoms with Crippen molar-refractivity contribution in [2.24, 2.45) is 0 Å². The monoisotopic (exact) mass is 458 g/mol. The molecule has 5 nitrogen and oxygen atoms in total. The Morgan fingerprint density at radius 2 is 1.58 bits per heavy atom. The van der Waals surface area contributed by atoms with Crippen LogP contribution in [0.1, 0.15) is 28.2 Å². The van der Waals surface area contributed by atoms with Gasteiger partial charge < -0.3 is 14.0 Å². The Morgan fingerprint density at radius 1 is 0.909 bits per heavy atom. The molecule has 1 aromatic heterocycles. The van der Waals surface area contributed by atoms with Crippen molar-refractivity contribution in [3.8, 4) is 5.75 Å². The summed E-state index contributed by atoms with van der Waals surface area (Å²) in [6.07, 6.45) is 6.16. The maximum atomic E-state index is 12.7. The van der Waals surface area contributed by atoms with Crippen LogP contribution < -0.4 is 4.74 Å². The van der Waals surface area contributed by atoms with Crippen molar-refractivity contribution in [2.45, 2.75) is 13.0 Å². The number of aryl methyl sites for hydroxylation is 1. The molecule has 0 radical (unpaired) electrons. The number of hydrogen-bond donors (Lipinski definition) is 0. The zero-order valence-corrected chi connectivity index (χ0v) is 18.7. The van der Waals surface area contributed by atoms with Crippen molar-refractivity contribution < 1.29 is 14.3 Å². The van der Waals surface area contributed by atoms with Gasteiger partial charge in [-0.2, -0.15) is 0 Å². The van der Waals surface area contributed by atoms with Gasteiger partial charge in [-0.3, -0.25) is 0 Å². The molecule has 0 spiro atoms. The fraction of sp³-hybridized carbons (Fsp3) is 0.111. The first kappa shape index (κ1) is 22.4. The van der Waals surface area contributed by atoms with E-state index in [9.17, 15) is 4.79 Å². The lowest BCUT2D eigenvalue weighted by molar-refractivity contribution is 0.0693. The number of para-hydroxylation sites is 1. The van der Waals surface area contributed by atoms with Crippen molar-refractivity contribution in [1.29, 1.82) is 0 Å². The highest BCUT2D eigenvalue weighted by molar-refractivity contribution is 6.32. The molecule has 6 heteroatoms. The summed E-state index contributed by atoms with van der Waals surface area (Å²) < 4.78 is 13.5. The second-order valence-electron chi connectivity index (χ2n) is 7.24. The second-order valence-corrected chi connectivity index (χ2v) is 7.65. The summed E-state index contributed by atoms with van der Waals surface area (Å²) in [4.78, 5) is 17.1. The number of rotatable bonds is 9. The van der Waals surface area contributed by atoms with Crippen molar-refractivity contribution in [2.75, 3.05) is 6.61 Å². The molecule has 0 aliphatic carbocycles. The zero-order chi connectivity index (χ0) is 22.9. The number of nitrogens with zero attached hydrogens (tertiary/aromatic N) is 2. The Kier molecular flexibility index (Phi) is 7.56. The fourth-order valence-corrected chi connectivity index (χ4v) is 3.44. The number of carbonyl (C=O) groups excluding carboxylic acids is 1. The number of aromatic nitrogens is 2. The summed E-state index contributed by atoms with van der Waals surface area (Å²) in [5.74, 6) is 1.37. The van der Waals surface area contributed by atoms with E-state index in [1.165, 1.54) is 0 Å². The van der Waals surface area contributed by atoms with Crippen molar-refractivity contribution in [1.82, 2.24) is 9.55 Å². The van der Waals surface area contributed by atoms with Crippen molar-refractivity contribution in [3.63, 3.8) is 0 Å². The van der Waals surface area contributed by atoms with Crippen LogP contribution in [0.15, 0.2) is 97.3 Å². The van der Waals surface area contributed by atoms with Crippen LogP contribution >= 0.6 is 11.6 Å². The third kappa shape index (κ3) is 6.11. The largest absolute Gasteiger partial charge is 0.492 e. The minimum absolute atomic E-state index is 0.419. The molecule has 33 heavy (non-hydrogen) atoms. The molecule has 166 valence electrons. The molecule has 0 amide bonds. The van der Waals surface area contributed by atoms with Gasteiger partial charge in [-0.25, -0.2) is 9.78 Å². The van der Waals surface area contributed by atoms with Crippen LogP contribution in [0.5, 0.6) is 5.75 Å². The molecular formula is C27H23ClN2O3. The van der Waals surface area contributed by atoms with Gasteiger partial charge in [-0.1, -0.05) is 72.3 Å². The van der Waals surface area contributed by atoms with Crippen LogP contribution in [-0.4, -0.2) is 22.1 Å². The maximum Gasteiger partial charge on any atom is 0.343 e. The third-order valence-electron chi connectivity index (χ3n) is 4.92. The van der Waals surface area contributed by atoms with Gasteiger partial charge in [0.05, 0.1) is 17.2 Å². The lowest BCUT2D eigenvalue weighted by atomic mass is 10.1. The Balaban J connectivity index is 1.48. The Hall–Kier alpha value is -3.83. The first-order chi connectivity index (χ1) is 16.2. The van der Waals surface area contributed by atoms with Gasteiger partial charge in [-0.15, -0.1) is 0 Å². The topological polar surface area (TPSA) is 53.3 Å². The highest BCUT2D eigenvalue weighted by atomic mass is 35.5. The average molecular weight is 459 g/mol. The summed E-state index contributed by atoms with van der Waals surface area (Å²) >= 11 is 6.14. The number of ether oxygens (including phenoxy) is 2. The molecule has 1 heterocycles. The SMILES string of the molecule is O=C(O/C(=C/c1nccn1CCCOc1ccccc1Cl)c1ccccc1)c1ccccc1. The van der Waals surface area contributed by atoms with Crippen LogP contribution in [-0.2, 0) is 11.3 Å². The Bertz CT molecular complexity index is 1220. The van der Waals surface area contributed by atoms with Gasteiger partial charge in [0.15, 0.2) is 0 Å². The Morgan fingerprint density at radius 3 is 2.30 bits per heavy atom. The molecule has 0 bridgehead atoms. The van der Waals surface area contributed by atoms with Gasteiger partial charge in [0, 0.05) is 30.6 Å². The van der Waals surface area contributed by atoms with Gasteiger partial charge in [0.25, 0.3) is 0 Å². The molecule has 0 saturated heterocycles. The van der Waals surface area contributed by atoms with Crippen molar-refractivity contribution in [3.05, 3.63) is 119 Å². The molecule has 3 aromatic carbocycles. The molecule has 0 unspecified atom stereocenters. The normalized spacial score (nSPS) is 11.2. The summed E-state index contributed by atoms with van der Waals surface area (Å²) in [5.41, 5.74) is 1.28. The van der Waals surface area contributed by atoms with E-state index in [0.29, 0.717) is 41.1 Å². The lowest BCUT2D eigenvalue weighted by Gasteiger charge is -2.11. The molecule has 4 aromatic rings. The van der Waals surface area contributed by atoms with Gasteiger partial charge >= 0.3 is 5.97 Å². The number of carbonyl (C=O) groups is 1. The molecular weight excluding hydrogens is 436 g/mol. The number of benzene rings is 3. The smallest absolute Gasteiger partial charge is 0.343 e. The molecule has 0 fully saturated rings. The van der Waals surface area contributed by atoms with Gasteiger partial charge in [-0.05, 0) is 30.7 Å². The fourth-order valence-electron chi connectivity index (χ4n) is 3.25. The minimum Gasteiger partial charge on any atom is -0.492 e. The van der Waals surface area contributed by atoms with E-state index < -0.39 is 5.97 Å². The predicted octanol–water partition coefficient (Wildman–Crippen LogP) is 6.36. The zero-order valence-electron chi connectivity index (χ0n) is 17.9. The third-order valence-corrected chi connectivity index (χ3v) is 5.23. The number of hydrogen-bond acceptors (Lipinski definition) is 4. The molecule has 0 aliphatic heterocycles. The summed E-state index contributed by atoms with van der Waals surface area (Å²) in [6.45, 7) is 1.20. The average Bonchev–Trinajstić information content (AvgIpc) is 3.30. The van der Waals surface area contributed by atoms with E-state index in [0.717, 1.165) is 12.0 Å². The van der Waals surface area contributed by atoms with Gasteiger partial charge in [0.2, 0.25) is 0 Å². The predicted molar refractivity (Wildman–Crippen MR) is 130 cm³/mol. The summed E-state index contributed by atoms with van der Waals surface area (Å²) in [6, 6.07) is 25.8. The Labute approximate surface area is 197 Å². The van der Waals surface area contributed by atoms with E-state index >= 15 is 0 Å².